The van der Waals surface area contributed by atoms with Crippen molar-refractivity contribution < 1.29 is 0 Å². The second-order valence-electron chi connectivity index (χ2n) is 4.81. The van der Waals surface area contributed by atoms with Crippen LogP contribution in [0.5, 0.6) is 0 Å². The average Bonchev–Trinajstić information content (AvgIpc) is 3.09. The molecule has 3 aromatic rings. The van der Waals surface area contributed by atoms with Crippen LogP contribution in [0.4, 0.5) is 5.69 Å². The fourth-order valence-electron chi connectivity index (χ4n) is 2.21. The second-order valence-corrected chi connectivity index (χ2v) is 4.81. The van der Waals surface area contributed by atoms with Gasteiger partial charge in [0.05, 0.1) is 11.4 Å². The number of aryl methyl sites for hydroxylation is 2. The van der Waals surface area contributed by atoms with Crippen LogP contribution in [0.3, 0.4) is 0 Å². The molecule has 1 aromatic carbocycles. The van der Waals surface area contributed by atoms with Crippen molar-refractivity contribution in [2.24, 2.45) is 0 Å². The molecule has 0 atom stereocenters. The predicted octanol–water partition coefficient (Wildman–Crippen LogP) is 3.03. The Morgan fingerprint density at radius 3 is 2.45 bits per heavy atom. The normalized spacial score (nSPS) is 10.7. The van der Waals surface area contributed by atoms with Gasteiger partial charge in [0, 0.05) is 29.7 Å². The highest BCUT2D eigenvalue weighted by atomic mass is 15.1. The van der Waals surface area contributed by atoms with Gasteiger partial charge < -0.3 is 5.32 Å². The number of aromatic amines is 2. The predicted molar refractivity (Wildman–Crippen MR) is 79.4 cm³/mol. The number of hydrogen-bond acceptors (Lipinski definition) is 3. The van der Waals surface area contributed by atoms with Crippen molar-refractivity contribution in [2.45, 2.75) is 20.4 Å². The molecule has 5 nitrogen and oxygen atoms in total. The number of aromatic nitrogens is 4. The van der Waals surface area contributed by atoms with E-state index in [2.05, 4.69) is 50.0 Å². The standard InChI is InChI=1S/C15H17N5/c1-10-14(11(2)19-18-10)9-16-13-5-3-12(4-6-13)15-7-8-17-20-15/h3-8,16H,9H2,1-2H3,(H,17,20)(H,18,19). The van der Waals surface area contributed by atoms with Crippen molar-refractivity contribution in [1.29, 1.82) is 0 Å². The molecule has 0 spiro atoms. The van der Waals surface area contributed by atoms with Crippen LogP contribution in [-0.2, 0) is 6.54 Å². The number of nitrogens with zero attached hydrogens (tertiary/aromatic N) is 2. The zero-order chi connectivity index (χ0) is 13.9. The van der Waals surface area contributed by atoms with Crippen molar-refractivity contribution in [3.8, 4) is 11.3 Å². The molecule has 3 rings (SSSR count). The number of benzene rings is 1. The molecule has 2 heterocycles. The third-order valence-corrected chi connectivity index (χ3v) is 3.45. The van der Waals surface area contributed by atoms with Crippen molar-refractivity contribution in [3.05, 3.63) is 53.5 Å². The molecule has 5 heteroatoms. The van der Waals surface area contributed by atoms with Gasteiger partial charge in [-0.05, 0) is 37.6 Å². The van der Waals surface area contributed by atoms with Crippen LogP contribution in [0.15, 0.2) is 36.5 Å². The van der Waals surface area contributed by atoms with Crippen LogP contribution >= 0.6 is 0 Å². The molecule has 0 aliphatic rings. The molecule has 2 aromatic heterocycles. The Labute approximate surface area is 117 Å². The molecule has 0 aliphatic heterocycles. The summed E-state index contributed by atoms with van der Waals surface area (Å²) in [6, 6.07) is 10.2. The molecule has 0 radical (unpaired) electrons. The van der Waals surface area contributed by atoms with Crippen LogP contribution in [0.1, 0.15) is 17.0 Å². The lowest BCUT2D eigenvalue weighted by Gasteiger charge is -2.07. The summed E-state index contributed by atoms with van der Waals surface area (Å²) in [5.41, 5.74) is 6.63. The van der Waals surface area contributed by atoms with Gasteiger partial charge in [0.1, 0.15) is 0 Å². The van der Waals surface area contributed by atoms with E-state index in [1.54, 1.807) is 6.20 Å². The Hall–Kier alpha value is -2.56. The minimum absolute atomic E-state index is 0.775. The largest absolute Gasteiger partial charge is 0.381 e. The molecule has 0 bridgehead atoms. The van der Waals surface area contributed by atoms with Crippen LogP contribution in [-0.4, -0.2) is 20.4 Å². The maximum atomic E-state index is 4.20. The molecule has 0 aliphatic carbocycles. The lowest BCUT2D eigenvalue weighted by Crippen LogP contribution is -2.01. The van der Waals surface area contributed by atoms with Crippen molar-refractivity contribution in [1.82, 2.24) is 20.4 Å². The number of H-pyrrole nitrogens is 2. The lowest BCUT2D eigenvalue weighted by atomic mass is 10.1. The Bertz CT molecular complexity index is 660. The Balaban J connectivity index is 1.70. The summed E-state index contributed by atoms with van der Waals surface area (Å²) >= 11 is 0. The van der Waals surface area contributed by atoms with Crippen LogP contribution in [0.2, 0.25) is 0 Å². The molecule has 0 fully saturated rings. The van der Waals surface area contributed by atoms with Crippen molar-refractivity contribution >= 4 is 5.69 Å². The Morgan fingerprint density at radius 2 is 1.85 bits per heavy atom. The fraction of sp³-hybridized carbons (Fsp3) is 0.200. The highest BCUT2D eigenvalue weighted by Crippen LogP contribution is 2.20. The van der Waals surface area contributed by atoms with Gasteiger partial charge in [-0.2, -0.15) is 10.2 Å². The quantitative estimate of drug-likeness (QED) is 0.680. The van der Waals surface area contributed by atoms with Crippen LogP contribution in [0, 0.1) is 13.8 Å². The fourth-order valence-corrected chi connectivity index (χ4v) is 2.21. The minimum atomic E-state index is 0.775. The molecule has 102 valence electrons. The van der Waals surface area contributed by atoms with Gasteiger partial charge in [-0.25, -0.2) is 0 Å². The SMILES string of the molecule is Cc1n[nH]c(C)c1CNc1ccc(-c2ccn[nH]2)cc1. The highest BCUT2D eigenvalue weighted by Gasteiger charge is 2.05. The summed E-state index contributed by atoms with van der Waals surface area (Å²) in [6.45, 7) is 4.83. The summed E-state index contributed by atoms with van der Waals surface area (Å²) < 4.78 is 0. The lowest BCUT2D eigenvalue weighted by molar-refractivity contribution is 1.02. The van der Waals surface area contributed by atoms with Gasteiger partial charge in [0.2, 0.25) is 0 Å². The minimum Gasteiger partial charge on any atom is -0.381 e. The maximum absolute atomic E-state index is 4.20. The Morgan fingerprint density at radius 1 is 1.05 bits per heavy atom. The van der Waals surface area contributed by atoms with Crippen LogP contribution < -0.4 is 5.32 Å². The summed E-state index contributed by atoms with van der Waals surface area (Å²) in [4.78, 5) is 0. The average molecular weight is 267 g/mol. The van der Waals surface area contributed by atoms with Gasteiger partial charge in [-0.15, -0.1) is 0 Å². The van der Waals surface area contributed by atoms with E-state index in [9.17, 15) is 0 Å². The number of nitrogens with one attached hydrogen (secondary N) is 3. The molecule has 0 unspecified atom stereocenters. The van der Waals surface area contributed by atoms with Gasteiger partial charge in [-0.3, -0.25) is 10.2 Å². The summed E-state index contributed by atoms with van der Waals surface area (Å²) in [5.74, 6) is 0. The molecule has 0 amide bonds. The van der Waals surface area contributed by atoms with Gasteiger partial charge >= 0.3 is 0 Å². The Kier molecular flexibility index (Phi) is 3.25. The molecular weight excluding hydrogens is 250 g/mol. The monoisotopic (exact) mass is 267 g/mol. The summed E-state index contributed by atoms with van der Waals surface area (Å²) in [6.07, 6.45) is 1.76. The van der Waals surface area contributed by atoms with E-state index in [4.69, 9.17) is 0 Å². The molecule has 0 saturated heterocycles. The maximum Gasteiger partial charge on any atom is 0.0650 e. The smallest absolute Gasteiger partial charge is 0.0650 e. The first-order valence-corrected chi connectivity index (χ1v) is 6.58. The van der Waals surface area contributed by atoms with E-state index >= 15 is 0 Å². The molecule has 20 heavy (non-hydrogen) atoms. The highest BCUT2D eigenvalue weighted by molar-refractivity contribution is 5.62. The summed E-state index contributed by atoms with van der Waals surface area (Å²) in [5, 5.41) is 17.5. The molecular formula is C15H17N5. The van der Waals surface area contributed by atoms with Gasteiger partial charge in [0.25, 0.3) is 0 Å². The van der Waals surface area contributed by atoms with E-state index in [0.717, 1.165) is 34.9 Å². The van der Waals surface area contributed by atoms with Crippen LogP contribution in [0.25, 0.3) is 11.3 Å². The van der Waals surface area contributed by atoms with E-state index in [0.29, 0.717) is 0 Å². The summed E-state index contributed by atoms with van der Waals surface area (Å²) in [7, 11) is 0. The van der Waals surface area contributed by atoms with Gasteiger partial charge in [-0.1, -0.05) is 12.1 Å². The van der Waals surface area contributed by atoms with E-state index < -0.39 is 0 Å². The molecule has 0 saturated carbocycles. The van der Waals surface area contributed by atoms with Crippen molar-refractivity contribution in [3.63, 3.8) is 0 Å². The second kappa shape index (κ2) is 5.21. The van der Waals surface area contributed by atoms with E-state index in [1.807, 2.05) is 19.9 Å². The first-order chi connectivity index (χ1) is 9.74. The van der Waals surface area contributed by atoms with Gasteiger partial charge in [0.15, 0.2) is 0 Å². The van der Waals surface area contributed by atoms with E-state index in [-0.39, 0.29) is 0 Å². The number of rotatable bonds is 4. The first kappa shape index (κ1) is 12.5. The third kappa shape index (κ3) is 2.42. The van der Waals surface area contributed by atoms with Crippen molar-refractivity contribution in [2.75, 3.05) is 5.32 Å². The third-order valence-electron chi connectivity index (χ3n) is 3.45. The first-order valence-electron chi connectivity index (χ1n) is 6.58. The van der Waals surface area contributed by atoms with E-state index in [1.165, 1.54) is 5.56 Å². The molecule has 3 N–H and O–H groups in total. The number of hydrogen-bond donors (Lipinski definition) is 3. The zero-order valence-corrected chi connectivity index (χ0v) is 11.6. The topological polar surface area (TPSA) is 69.4 Å². The zero-order valence-electron chi connectivity index (χ0n) is 11.6. The number of anilines is 1.